The van der Waals surface area contributed by atoms with Gasteiger partial charge < -0.3 is 14.4 Å². The molecule has 0 bridgehead atoms. The fourth-order valence-corrected chi connectivity index (χ4v) is 2.75. The number of nitrogens with zero attached hydrogens (tertiary/aromatic N) is 1. The smallest absolute Gasteiger partial charge is 0.310 e. The van der Waals surface area contributed by atoms with E-state index in [1.165, 1.54) is 0 Å². The molecule has 0 aliphatic rings. The van der Waals surface area contributed by atoms with Crippen molar-refractivity contribution in [3.05, 3.63) is 59.7 Å². The van der Waals surface area contributed by atoms with Crippen LogP contribution >= 0.6 is 0 Å². The number of esters is 1. The zero-order valence-electron chi connectivity index (χ0n) is 17.4. The highest BCUT2D eigenvalue weighted by Gasteiger charge is 2.11. The molecule has 8 heteroatoms. The first-order chi connectivity index (χ1) is 14.5. The fraction of sp³-hybridized carbons (Fsp3) is 0.318. The molecule has 0 fully saturated rings. The Morgan fingerprint density at radius 2 is 1.53 bits per heavy atom. The molecule has 0 saturated carbocycles. The number of ether oxygens (including phenoxy) is 2. The summed E-state index contributed by atoms with van der Waals surface area (Å²) in [5.41, 5.74) is 6.70. The van der Waals surface area contributed by atoms with Crippen molar-refractivity contribution >= 4 is 23.5 Å². The fourth-order valence-electron chi connectivity index (χ4n) is 2.75. The third kappa shape index (κ3) is 6.80. The van der Waals surface area contributed by atoms with E-state index in [1.807, 2.05) is 12.1 Å². The van der Waals surface area contributed by atoms with Gasteiger partial charge in [0, 0.05) is 24.3 Å². The Labute approximate surface area is 176 Å². The van der Waals surface area contributed by atoms with E-state index in [-0.39, 0.29) is 6.42 Å². The predicted octanol–water partition coefficient (Wildman–Crippen LogP) is 2.09. The second-order valence-electron chi connectivity index (χ2n) is 6.41. The molecule has 0 saturated heterocycles. The lowest BCUT2D eigenvalue weighted by molar-refractivity contribution is -0.148. The number of carbonyl (C=O) groups excluding carboxylic acids is 3. The first-order valence-electron chi connectivity index (χ1n) is 9.69. The highest BCUT2D eigenvalue weighted by Crippen LogP contribution is 2.15. The van der Waals surface area contributed by atoms with Gasteiger partial charge >= 0.3 is 5.97 Å². The summed E-state index contributed by atoms with van der Waals surface area (Å²) < 4.78 is 9.98. The van der Waals surface area contributed by atoms with Crippen molar-refractivity contribution in [3.8, 4) is 5.75 Å². The second kappa shape index (κ2) is 11.5. The van der Waals surface area contributed by atoms with Crippen LogP contribution in [0, 0.1) is 0 Å². The van der Waals surface area contributed by atoms with E-state index in [0.717, 1.165) is 24.3 Å². The average Bonchev–Trinajstić information content (AvgIpc) is 2.78. The summed E-state index contributed by atoms with van der Waals surface area (Å²) in [5, 5.41) is 0. The molecule has 0 radical (unpaired) electrons. The number of methoxy groups -OCH3 is 1. The van der Waals surface area contributed by atoms with Gasteiger partial charge in [-0.15, -0.1) is 0 Å². The van der Waals surface area contributed by atoms with Crippen LogP contribution in [0.15, 0.2) is 48.5 Å². The topological polar surface area (TPSA) is 97.0 Å². The van der Waals surface area contributed by atoms with Gasteiger partial charge in [-0.3, -0.25) is 25.2 Å². The number of hydrogen-bond donors (Lipinski definition) is 2. The van der Waals surface area contributed by atoms with E-state index in [2.05, 4.69) is 29.6 Å². The van der Waals surface area contributed by atoms with Crippen molar-refractivity contribution in [1.29, 1.82) is 0 Å². The van der Waals surface area contributed by atoms with E-state index in [1.54, 1.807) is 43.5 Å². The van der Waals surface area contributed by atoms with Crippen molar-refractivity contribution in [3.63, 3.8) is 0 Å². The molecular formula is C22H27N3O5. The Hall–Kier alpha value is -3.55. The van der Waals surface area contributed by atoms with Crippen LogP contribution in [0.4, 0.5) is 5.69 Å². The number of carbonyl (C=O) groups is 3. The highest BCUT2D eigenvalue weighted by atomic mass is 16.5. The van der Waals surface area contributed by atoms with Crippen LogP contribution in [-0.2, 0) is 20.7 Å². The van der Waals surface area contributed by atoms with Gasteiger partial charge in [-0.2, -0.15) is 0 Å². The van der Waals surface area contributed by atoms with Crippen molar-refractivity contribution in [2.45, 2.75) is 20.3 Å². The molecule has 2 aromatic carbocycles. The summed E-state index contributed by atoms with van der Waals surface area (Å²) in [5.74, 6) is -0.955. The van der Waals surface area contributed by atoms with E-state index < -0.39 is 24.4 Å². The molecule has 2 amide bonds. The van der Waals surface area contributed by atoms with Crippen molar-refractivity contribution in [2.75, 3.05) is 31.7 Å². The van der Waals surface area contributed by atoms with Gasteiger partial charge in [0.25, 0.3) is 11.8 Å². The molecule has 2 aromatic rings. The molecule has 0 heterocycles. The zero-order valence-corrected chi connectivity index (χ0v) is 17.4. The third-order valence-corrected chi connectivity index (χ3v) is 4.45. The van der Waals surface area contributed by atoms with Gasteiger partial charge in [-0.1, -0.05) is 12.1 Å². The van der Waals surface area contributed by atoms with Crippen LogP contribution in [0.25, 0.3) is 0 Å². The lowest BCUT2D eigenvalue weighted by Crippen LogP contribution is -2.43. The molecule has 30 heavy (non-hydrogen) atoms. The van der Waals surface area contributed by atoms with Gasteiger partial charge in [0.2, 0.25) is 0 Å². The van der Waals surface area contributed by atoms with Crippen molar-refractivity contribution < 1.29 is 23.9 Å². The molecule has 8 nitrogen and oxygen atoms in total. The monoisotopic (exact) mass is 413 g/mol. The average molecular weight is 413 g/mol. The maximum Gasteiger partial charge on any atom is 0.310 e. The van der Waals surface area contributed by atoms with Gasteiger partial charge in [0.05, 0.1) is 13.5 Å². The van der Waals surface area contributed by atoms with Crippen molar-refractivity contribution in [2.24, 2.45) is 0 Å². The zero-order chi connectivity index (χ0) is 21.9. The Balaban J connectivity index is 1.74. The number of anilines is 1. The van der Waals surface area contributed by atoms with Gasteiger partial charge in [0.15, 0.2) is 6.61 Å². The molecule has 0 aromatic heterocycles. The van der Waals surface area contributed by atoms with E-state index in [0.29, 0.717) is 11.3 Å². The summed E-state index contributed by atoms with van der Waals surface area (Å²) in [4.78, 5) is 38.0. The lowest BCUT2D eigenvalue weighted by atomic mass is 10.1. The van der Waals surface area contributed by atoms with Crippen LogP contribution in [-0.4, -0.2) is 44.6 Å². The molecule has 0 aliphatic carbocycles. The number of hydrazine groups is 1. The summed E-state index contributed by atoms with van der Waals surface area (Å²) in [6, 6.07) is 14.0. The Morgan fingerprint density at radius 3 is 2.10 bits per heavy atom. The van der Waals surface area contributed by atoms with Crippen LogP contribution in [0.1, 0.15) is 29.8 Å². The number of rotatable bonds is 9. The van der Waals surface area contributed by atoms with E-state index in [9.17, 15) is 14.4 Å². The highest BCUT2D eigenvalue weighted by molar-refractivity contribution is 5.95. The van der Waals surface area contributed by atoms with E-state index in [4.69, 9.17) is 9.47 Å². The molecule has 160 valence electrons. The first kappa shape index (κ1) is 22.7. The molecule has 2 rings (SSSR count). The summed E-state index contributed by atoms with van der Waals surface area (Å²) in [6.45, 7) is 5.37. The summed E-state index contributed by atoms with van der Waals surface area (Å²) in [7, 11) is 1.56. The minimum atomic E-state index is -0.633. The van der Waals surface area contributed by atoms with Crippen LogP contribution in [0.5, 0.6) is 5.75 Å². The van der Waals surface area contributed by atoms with Crippen LogP contribution in [0.3, 0.4) is 0 Å². The number of nitrogens with one attached hydrogen (secondary N) is 2. The quantitative estimate of drug-likeness (QED) is 0.483. The Morgan fingerprint density at radius 1 is 0.900 bits per heavy atom. The van der Waals surface area contributed by atoms with Gasteiger partial charge in [0.1, 0.15) is 5.75 Å². The molecule has 0 aliphatic heterocycles. The third-order valence-electron chi connectivity index (χ3n) is 4.45. The molecular weight excluding hydrogens is 386 g/mol. The van der Waals surface area contributed by atoms with Crippen LogP contribution in [0.2, 0.25) is 0 Å². The number of benzene rings is 2. The number of hydrogen-bond acceptors (Lipinski definition) is 6. The predicted molar refractivity (Wildman–Crippen MR) is 113 cm³/mol. The molecule has 2 N–H and O–H groups in total. The minimum absolute atomic E-state index is 0.0303. The standard InChI is InChI=1S/C22H27N3O5/c1-4-25(5-2)18-10-8-17(9-11-18)22(28)24-23-20(26)15-30-21(27)14-16-6-12-19(29-3)13-7-16/h6-13H,4-5,14-15H2,1-3H3,(H,23,26)(H,24,28). The largest absolute Gasteiger partial charge is 0.497 e. The Kier molecular flexibility index (Phi) is 8.68. The van der Waals surface area contributed by atoms with Crippen LogP contribution < -0.4 is 20.5 Å². The molecule has 0 spiro atoms. The first-order valence-corrected chi connectivity index (χ1v) is 9.69. The van der Waals surface area contributed by atoms with Crippen molar-refractivity contribution in [1.82, 2.24) is 10.9 Å². The molecule has 0 atom stereocenters. The maximum atomic E-state index is 12.1. The lowest BCUT2D eigenvalue weighted by Gasteiger charge is -2.21. The normalized spacial score (nSPS) is 10.1. The SMILES string of the molecule is CCN(CC)c1ccc(C(=O)NNC(=O)COC(=O)Cc2ccc(OC)cc2)cc1. The summed E-state index contributed by atoms with van der Waals surface area (Å²) in [6.07, 6.45) is 0.0303. The van der Waals surface area contributed by atoms with E-state index >= 15 is 0 Å². The number of amides is 2. The Bertz CT molecular complexity index is 846. The second-order valence-corrected chi connectivity index (χ2v) is 6.41. The maximum absolute atomic E-state index is 12.1. The van der Waals surface area contributed by atoms with Gasteiger partial charge in [-0.05, 0) is 55.8 Å². The minimum Gasteiger partial charge on any atom is -0.497 e. The molecule has 0 unspecified atom stereocenters. The van der Waals surface area contributed by atoms with Gasteiger partial charge in [-0.25, -0.2) is 0 Å². The summed E-state index contributed by atoms with van der Waals surface area (Å²) >= 11 is 0.